The Kier molecular flexibility index (Phi) is 18.0. The van der Waals surface area contributed by atoms with Crippen LogP contribution >= 0.6 is 0 Å². The molecule has 1 aromatic carbocycles. The molecule has 59 heavy (non-hydrogen) atoms. The SMILES string of the molecule is Cc1cc(CNCc2cn(C3CC3)c3cc(OCCN(C)C(=O)CCOCCOCCOCCC(=O)O)c(F)cc3c2=O)ccn1.Cc1ccc(N2CCCCC2)cn1. The minimum absolute atomic E-state index is 0.0386. The van der Waals surface area contributed by atoms with E-state index in [1.54, 1.807) is 19.3 Å². The van der Waals surface area contributed by atoms with Crippen LogP contribution in [-0.4, -0.2) is 109 Å². The number of hydrogen-bond donors (Lipinski definition) is 2. The van der Waals surface area contributed by atoms with E-state index in [1.807, 2.05) is 42.9 Å². The fourth-order valence-corrected chi connectivity index (χ4v) is 6.62. The van der Waals surface area contributed by atoms with Crippen LogP contribution < -0.4 is 20.4 Å². The fraction of sp³-hybridized carbons (Fsp3) is 0.523. The molecule has 0 unspecified atom stereocenters. The Morgan fingerprint density at radius 1 is 0.881 bits per heavy atom. The number of aromatic nitrogens is 3. The van der Waals surface area contributed by atoms with Gasteiger partial charge in [0.05, 0.1) is 76.4 Å². The van der Waals surface area contributed by atoms with Crippen molar-refractivity contribution in [3.63, 3.8) is 0 Å². The number of halogens is 1. The quantitative estimate of drug-likeness (QED) is 0.0948. The summed E-state index contributed by atoms with van der Waals surface area (Å²) in [5.41, 5.74) is 5.38. The molecule has 6 rings (SSSR count). The maximum Gasteiger partial charge on any atom is 0.305 e. The zero-order chi connectivity index (χ0) is 42.0. The van der Waals surface area contributed by atoms with Crippen LogP contribution in [0.2, 0.25) is 0 Å². The number of nitrogens with zero attached hydrogens (tertiary/aromatic N) is 5. The number of amides is 1. The van der Waals surface area contributed by atoms with E-state index in [9.17, 15) is 14.4 Å². The lowest BCUT2D eigenvalue weighted by Gasteiger charge is -2.28. The summed E-state index contributed by atoms with van der Waals surface area (Å²) >= 11 is 0. The maximum atomic E-state index is 15.1. The van der Waals surface area contributed by atoms with Crippen LogP contribution in [0.1, 0.15) is 73.5 Å². The Bertz CT molecular complexity index is 2000. The highest BCUT2D eigenvalue weighted by Gasteiger charge is 2.26. The molecule has 320 valence electrons. The lowest BCUT2D eigenvalue weighted by molar-refractivity contribution is -0.138. The van der Waals surface area contributed by atoms with Gasteiger partial charge in [0.2, 0.25) is 5.91 Å². The summed E-state index contributed by atoms with van der Waals surface area (Å²) in [5.74, 6) is -1.64. The molecule has 4 heterocycles. The number of fused-ring (bicyclic) bond motifs is 1. The van der Waals surface area contributed by atoms with E-state index in [2.05, 4.69) is 32.3 Å². The van der Waals surface area contributed by atoms with Gasteiger partial charge in [-0.3, -0.25) is 24.4 Å². The van der Waals surface area contributed by atoms with Gasteiger partial charge >= 0.3 is 5.97 Å². The van der Waals surface area contributed by atoms with E-state index in [0.29, 0.717) is 56.0 Å². The third-order valence-corrected chi connectivity index (χ3v) is 10.1. The second-order valence-electron chi connectivity index (χ2n) is 14.9. The molecule has 15 heteroatoms. The van der Waals surface area contributed by atoms with Crippen molar-refractivity contribution in [3.05, 3.63) is 93.5 Å². The molecule has 2 aliphatic rings. The van der Waals surface area contributed by atoms with Gasteiger partial charge in [-0.1, -0.05) is 0 Å². The number of aryl methyl sites for hydroxylation is 2. The van der Waals surface area contributed by atoms with Gasteiger partial charge in [-0.25, -0.2) is 4.39 Å². The summed E-state index contributed by atoms with van der Waals surface area (Å²) in [5, 5.41) is 12.2. The summed E-state index contributed by atoms with van der Waals surface area (Å²) in [6, 6.07) is 11.3. The number of carboxylic acids is 1. The molecule has 0 atom stereocenters. The number of hydrogen-bond acceptors (Lipinski definition) is 11. The number of ether oxygens (including phenoxy) is 4. The average Bonchev–Trinajstić information content (AvgIpc) is 4.08. The van der Waals surface area contributed by atoms with Crippen molar-refractivity contribution in [2.75, 3.05) is 77.8 Å². The summed E-state index contributed by atoms with van der Waals surface area (Å²) in [7, 11) is 1.64. The molecule has 0 bridgehead atoms. The van der Waals surface area contributed by atoms with Crippen LogP contribution in [0.25, 0.3) is 10.9 Å². The number of piperidine rings is 1. The minimum atomic E-state index is -0.909. The van der Waals surface area contributed by atoms with Crippen LogP contribution in [0.15, 0.2) is 59.8 Å². The third kappa shape index (κ3) is 15.0. The smallest absolute Gasteiger partial charge is 0.305 e. The Morgan fingerprint density at radius 3 is 2.25 bits per heavy atom. The molecule has 0 radical (unpaired) electrons. The number of rotatable bonds is 22. The van der Waals surface area contributed by atoms with E-state index in [-0.39, 0.29) is 62.3 Å². The average molecular weight is 819 g/mol. The lowest BCUT2D eigenvalue weighted by atomic mass is 10.1. The summed E-state index contributed by atoms with van der Waals surface area (Å²) in [6.45, 7) is 9.26. The van der Waals surface area contributed by atoms with Crippen molar-refractivity contribution in [1.29, 1.82) is 0 Å². The lowest BCUT2D eigenvalue weighted by Crippen LogP contribution is -2.31. The van der Waals surface area contributed by atoms with Crippen molar-refractivity contribution in [2.45, 2.75) is 77.9 Å². The fourth-order valence-electron chi connectivity index (χ4n) is 6.62. The van der Waals surface area contributed by atoms with Crippen LogP contribution in [0.5, 0.6) is 5.75 Å². The van der Waals surface area contributed by atoms with Crippen LogP contribution in [0, 0.1) is 19.7 Å². The largest absolute Gasteiger partial charge is 0.489 e. The number of carbonyl (C=O) groups is 2. The summed E-state index contributed by atoms with van der Waals surface area (Å²) in [4.78, 5) is 48.6. The van der Waals surface area contributed by atoms with Crippen molar-refractivity contribution in [3.8, 4) is 5.75 Å². The summed E-state index contributed by atoms with van der Waals surface area (Å²) < 4.78 is 38.8. The molecule has 1 amide bonds. The van der Waals surface area contributed by atoms with Crippen molar-refractivity contribution < 1.29 is 38.0 Å². The van der Waals surface area contributed by atoms with Gasteiger partial charge in [0.25, 0.3) is 0 Å². The molecule has 1 saturated carbocycles. The third-order valence-electron chi connectivity index (χ3n) is 10.1. The van der Waals surface area contributed by atoms with E-state index in [0.717, 1.165) is 29.8 Å². The van der Waals surface area contributed by atoms with E-state index in [1.165, 1.54) is 49.0 Å². The van der Waals surface area contributed by atoms with E-state index < -0.39 is 11.8 Å². The summed E-state index contributed by atoms with van der Waals surface area (Å²) in [6.07, 6.45) is 11.8. The van der Waals surface area contributed by atoms with E-state index in [4.69, 9.17) is 24.1 Å². The first-order valence-electron chi connectivity index (χ1n) is 20.6. The topological polar surface area (TPSA) is 158 Å². The molecule has 3 aromatic heterocycles. The van der Waals surface area contributed by atoms with Gasteiger partial charge in [0.15, 0.2) is 17.0 Å². The molecule has 1 aliphatic carbocycles. The number of nitrogens with one attached hydrogen (secondary N) is 1. The Labute approximate surface area is 345 Å². The standard InChI is InChI=1S/C33H43FN4O8.C11H16N2/c1-23-17-24(5-8-36-23)20-35-21-25-22-38(26-3-4-26)29-19-30(28(34)18-27(29)33(25)42)46-12-9-37(2)31(39)6-10-43-13-15-45-16-14-44-11-7-32(40)41;1-10-5-6-11(9-12-10)13-7-3-2-4-8-13/h5,8,17-19,22,26,35H,3-4,6-7,9-16,20-21H2,1-2H3,(H,40,41);5-6,9H,2-4,7-8H2,1H3. The highest BCUT2D eigenvalue weighted by molar-refractivity contribution is 5.81. The highest BCUT2D eigenvalue weighted by Crippen LogP contribution is 2.38. The van der Waals surface area contributed by atoms with E-state index >= 15 is 4.39 Å². The molecule has 1 aliphatic heterocycles. The second kappa shape index (κ2) is 23.6. The predicted octanol–water partition coefficient (Wildman–Crippen LogP) is 5.60. The monoisotopic (exact) mass is 818 g/mol. The number of aliphatic carboxylic acids is 1. The van der Waals surface area contributed by atoms with Gasteiger partial charge in [-0.05, 0) is 81.8 Å². The number of carboxylic acid groups (broad SMARTS) is 1. The molecular formula is C44H59FN6O8. The van der Waals surface area contributed by atoms with Crippen molar-refractivity contribution in [2.24, 2.45) is 0 Å². The minimum Gasteiger partial charge on any atom is -0.489 e. The maximum absolute atomic E-state index is 15.1. The van der Waals surface area contributed by atoms with Crippen molar-refractivity contribution in [1.82, 2.24) is 24.8 Å². The van der Waals surface area contributed by atoms with Crippen LogP contribution in [0.4, 0.5) is 10.1 Å². The normalized spacial score (nSPS) is 13.9. The highest BCUT2D eigenvalue weighted by atomic mass is 19.1. The predicted molar refractivity (Wildman–Crippen MR) is 223 cm³/mol. The Balaban J connectivity index is 0.000000428. The number of likely N-dealkylation sites (N-methyl/N-ethyl adjacent to an activating group) is 1. The van der Waals surface area contributed by atoms with Gasteiger partial charge in [-0.2, -0.15) is 0 Å². The number of anilines is 1. The van der Waals surface area contributed by atoms with Gasteiger partial charge in [0.1, 0.15) is 6.61 Å². The van der Waals surface area contributed by atoms with Crippen LogP contribution in [-0.2, 0) is 36.9 Å². The van der Waals surface area contributed by atoms with Gasteiger partial charge < -0.3 is 43.7 Å². The van der Waals surface area contributed by atoms with Gasteiger partial charge in [0, 0.05) is 80.1 Å². The second-order valence-corrected chi connectivity index (χ2v) is 14.9. The van der Waals surface area contributed by atoms with Crippen molar-refractivity contribution >= 4 is 28.5 Å². The first-order chi connectivity index (χ1) is 28.6. The molecule has 2 fully saturated rings. The molecule has 0 spiro atoms. The number of carbonyl (C=O) groups excluding carboxylic acids is 1. The zero-order valence-electron chi connectivity index (χ0n) is 34.6. The molecule has 14 nitrogen and oxygen atoms in total. The van der Waals surface area contributed by atoms with Crippen LogP contribution in [0.3, 0.4) is 0 Å². The molecule has 2 N–H and O–H groups in total. The van der Waals surface area contributed by atoms with Gasteiger partial charge in [-0.15, -0.1) is 0 Å². The zero-order valence-corrected chi connectivity index (χ0v) is 34.6. The first kappa shape index (κ1) is 45.1. The Hall–Kier alpha value is -4.96. The Morgan fingerprint density at radius 2 is 1.59 bits per heavy atom. The first-order valence-corrected chi connectivity index (χ1v) is 20.6. The molecule has 1 saturated heterocycles. The number of pyridine rings is 3. The number of benzene rings is 1. The molecular weight excluding hydrogens is 760 g/mol. The molecule has 4 aromatic rings.